The molecule has 3 N–H and O–H groups in total. The van der Waals surface area contributed by atoms with E-state index in [0.717, 1.165) is 25.1 Å². The number of rotatable bonds is 6. The van der Waals surface area contributed by atoms with Gasteiger partial charge in [-0.05, 0) is 36.7 Å². The lowest BCUT2D eigenvalue weighted by molar-refractivity contribution is 0.471. The van der Waals surface area contributed by atoms with Gasteiger partial charge in [0.25, 0.3) is 0 Å². The fourth-order valence-corrected chi connectivity index (χ4v) is 1.42. The standard InChI is InChI=1S/C12H19FN2/c1-2-10(7-14)8-15-9-11-3-5-12(13)6-4-11/h3-6,10,15H,2,7-9,14H2,1H3. The van der Waals surface area contributed by atoms with Gasteiger partial charge in [-0.1, -0.05) is 25.5 Å². The van der Waals surface area contributed by atoms with Crippen LogP contribution in [0.25, 0.3) is 0 Å². The number of nitrogens with one attached hydrogen (secondary N) is 1. The molecule has 1 atom stereocenters. The van der Waals surface area contributed by atoms with Crippen LogP contribution in [-0.2, 0) is 6.54 Å². The van der Waals surface area contributed by atoms with Crippen LogP contribution in [0.5, 0.6) is 0 Å². The van der Waals surface area contributed by atoms with Crippen LogP contribution in [-0.4, -0.2) is 13.1 Å². The predicted molar refractivity (Wildman–Crippen MR) is 60.9 cm³/mol. The van der Waals surface area contributed by atoms with Gasteiger partial charge < -0.3 is 11.1 Å². The number of benzene rings is 1. The van der Waals surface area contributed by atoms with E-state index in [1.54, 1.807) is 12.1 Å². The van der Waals surface area contributed by atoms with E-state index in [0.29, 0.717) is 12.5 Å². The third-order valence-electron chi connectivity index (χ3n) is 2.59. The normalized spacial score (nSPS) is 12.7. The van der Waals surface area contributed by atoms with Crippen LogP contribution in [0.15, 0.2) is 24.3 Å². The molecular formula is C12H19FN2. The zero-order valence-corrected chi connectivity index (χ0v) is 9.17. The molecule has 0 spiro atoms. The van der Waals surface area contributed by atoms with Gasteiger partial charge >= 0.3 is 0 Å². The first-order chi connectivity index (χ1) is 7.26. The van der Waals surface area contributed by atoms with Gasteiger partial charge in [0.05, 0.1) is 0 Å². The highest BCUT2D eigenvalue weighted by Crippen LogP contribution is 2.03. The summed E-state index contributed by atoms with van der Waals surface area (Å²) in [5, 5.41) is 3.32. The predicted octanol–water partition coefficient (Wildman–Crippen LogP) is 1.90. The van der Waals surface area contributed by atoms with Gasteiger partial charge in [0.2, 0.25) is 0 Å². The Labute approximate surface area is 90.7 Å². The quantitative estimate of drug-likeness (QED) is 0.752. The lowest BCUT2D eigenvalue weighted by atomic mass is 10.1. The molecular weight excluding hydrogens is 191 g/mol. The van der Waals surface area contributed by atoms with Crippen molar-refractivity contribution in [3.8, 4) is 0 Å². The maximum atomic E-state index is 12.6. The van der Waals surface area contributed by atoms with Gasteiger partial charge in [0.1, 0.15) is 5.82 Å². The molecule has 15 heavy (non-hydrogen) atoms. The van der Waals surface area contributed by atoms with E-state index in [1.165, 1.54) is 12.1 Å². The van der Waals surface area contributed by atoms with E-state index in [9.17, 15) is 4.39 Å². The third kappa shape index (κ3) is 4.40. The maximum Gasteiger partial charge on any atom is 0.123 e. The van der Waals surface area contributed by atoms with Gasteiger partial charge in [0.15, 0.2) is 0 Å². The molecule has 0 heterocycles. The molecule has 84 valence electrons. The summed E-state index contributed by atoms with van der Waals surface area (Å²) in [5.74, 6) is 0.345. The molecule has 0 aliphatic carbocycles. The van der Waals surface area contributed by atoms with Crippen molar-refractivity contribution < 1.29 is 4.39 Å². The molecule has 1 unspecified atom stereocenters. The average Bonchev–Trinajstić information content (AvgIpc) is 2.27. The Morgan fingerprint density at radius 1 is 1.33 bits per heavy atom. The second kappa shape index (κ2) is 6.53. The van der Waals surface area contributed by atoms with Crippen LogP contribution in [0, 0.1) is 11.7 Å². The molecule has 3 heteroatoms. The first kappa shape index (κ1) is 12.1. The Morgan fingerprint density at radius 2 is 2.00 bits per heavy atom. The van der Waals surface area contributed by atoms with Crippen LogP contribution in [0.1, 0.15) is 18.9 Å². The average molecular weight is 210 g/mol. The van der Waals surface area contributed by atoms with Crippen molar-refractivity contribution in [2.45, 2.75) is 19.9 Å². The van der Waals surface area contributed by atoms with Gasteiger partial charge in [-0.25, -0.2) is 4.39 Å². The van der Waals surface area contributed by atoms with Crippen molar-refractivity contribution in [3.63, 3.8) is 0 Å². The molecule has 0 amide bonds. The van der Waals surface area contributed by atoms with E-state index in [1.807, 2.05) is 0 Å². The first-order valence-corrected chi connectivity index (χ1v) is 5.41. The fraction of sp³-hybridized carbons (Fsp3) is 0.500. The van der Waals surface area contributed by atoms with Crippen molar-refractivity contribution in [1.82, 2.24) is 5.32 Å². The summed E-state index contributed by atoms with van der Waals surface area (Å²) in [6.45, 7) is 4.55. The highest BCUT2D eigenvalue weighted by Gasteiger charge is 2.02. The minimum absolute atomic E-state index is 0.188. The molecule has 0 fully saturated rings. The summed E-state index contributed by atoms with van der Waals surface area (Å²) in [6, 6.07) is 6.56. The molecule has 0 saturated heterocycles. The molecule has 2 nitrogen and oxygen atoms in total. The second-order valence-corrected chi connectivity index (χ2v) is 3.77. The smallest absolute Gasteiger partial charge is 0.123 e. The van der Waals surface area contributed by atoms with E-state index in [4.69, 9.17) is 5.73 Å². The zero-order chi connectivity index (χ0) is 11.1. The summed E-state index contributed by atoms with van der Waals surface area (Å²) < 4.78 is 12.6. The van der Waals surface area contributed by atoms with Crippen molar-refractivity contribution in [1.29, 1.82) is 0 Å². The summed E-state index contributed by atoms with van der Waals surface area (Å²) in [4.78, 5) is 0. The lowest BCUT2D eigenvalue weighted by Gasteiger charge is -2.12. The van der Waals surface area contributed by atoms with Crippen LogP contribution < -0.4 is 11.1 Å². The number of halogens is 1. The summed E-state index contributed by atoms with van der Waals surface area (Å²) in [5.41, 5.74) is 6.69. The maximum absolute atomic E-state index is 12.6. The van der Waals surface area contributed by atoms with Crippen LogP contribution in [0.2, 0.25) is 0 Å². The van der Waals surface area contributed by atoms with Crippen molar-refractivity contribution in [2.75, 3.05) is 13.1 Å². The van der Waals surface area contributed by atoms with Crippen LogP contribution >= 0.6 is 0 Å². The fourth-order valence-electron chi connectivity index (χ4n) is 1.42. The number of hydrogen-bond donors (Lipinski definition) is 2. The van der Waals surface area contributed by atoms with Crippen molar-refractivity contribution in [3.05, 3.63) is 35.6 Å². The van der Waals surface area contributed by atoms with E-state index in [2.05, 4.69) is 12.2 Å². The van der Waals surface area contributed by atoms with E-state index >= 15 is 0 Å². The van der Waals surface area contributed by atoms with E-state index in [-0.39, 0.29) is 5.82 Å². The molecule has 0 aliphatic heterocycles. The Morgan fingerprint density at radius 3 is 2.53 bits per heavy atom. The first-order valence-electron chi connectivity index (χ1n) is 5.41. The Kier molecular flexibility index (Phi) is 5.29. The molecule has 1 aromatic carbocycles. The lowest BCUT2D eigenvalue weighted by Crippen LogP contribution is -2.27. The minimum Gasteiger partial charge on any atom is -0.330 e. The Hall–Kier alpha value is -0.930. The van der Waals surface area contributed by atoms with Crippen molar-refractivity contribution in [2.24, 2.45) is 11.7 Å². The summed E-state index contributed by atoms with van der Waals surface area (Å²) >= 11 is 0. The highest BCUT2D eigenvalue weighted by atomic mass is 19.1. The van der Waals surface area contributed by atoms with Crippen molar-refractivity contribution >= 4 is 0 Å². The number of nitrogens with two attached hydrogens (primary N) is 1. The molecule has 0 aliphatic rings. The Balaban J connectivity index is 2.28. The topological polar surface area (TPSA) is 38.0 Å². The molecule has 0 bridgehead atoms. The summed E-state index contributed by atoms with van der Waals surface area (Å²) in [7, 11) is 0. The van der Waals surface area contributed by atoms with Crippen LogP contribution in [0.3, 0.4) is 0 Å². The SMILES string of the molecule is CCC(CN)CNCc1ccc(F)cc1. The van der Waals surface area contributed by atoms with Gasteiger partial charge in [-0.3, -0.25) is 0 Å². The molecule has 1 aromatic rings. The van der Waals surface area contributed by atoms with Crippen LogP contribution in [0.4, 0.5) is 4.39 Å². The van der Waals surface area contributed by atoms with E-state index < -0.39 is 0 Å². The Bertz CT molecular complexity index is 267. The molecule has 0 saturated carbocycles. The van der Waals surface area contributed by atoms with Gasteiger partial charge in [-0.15, -0.1) is 0 Å². The molecule has 1 rings (SSSR count). The second-order valence-electron chi connectivity index (χ2n) is 3.77. The molecule has 0 radical (unpaired) electrons. The monoisotopic (exact) mass is 210 g/mol. The van der Waals surface area contributed by atoms with Gasteiger partial charge in [-0.2, -0.15) is 0 Å². The largest absolute Gasteiger partial charge is 0.330 e. The number of hydrogen-bond acceptors (Lipinski definition) is 2. The zero-order valence-electron chi connectivity index (χ0n) is 9.17. The molecule has 0 aromatic heterocycles. The minimum atomic E-state index is -0.188. The summed E-state index contributed by atoms with van der Waals surface area (Å²) in [6.07, 6.45) is 1.09. The highest BCUT2D eigenvalue weighted by molar-refractivity contribution is 5.15. The van der Waals surface area contributed by atoms with Gasteiger partial charge in [0, 0.05) is 6.54 Å². The third-order valence-corrected chi connectivity index (χ3v) is 2.59.